The van der Waals surface area contributed by atoms with E-state index in [-0.39, 0.29) is 28.6 Å². The minimum Gasteiger partial charge on any atom is -0.343 e. The van der Waals surface area contributed by atoms with E-state index < -0.39 is 22.9 Å². The summed E-state index contributed by atoms with van der Waals surface area (Å²) in [5, 5.41) is 14.4. The van der Waals surface area contributed by atoms with Gasteiger partial charge in [0.05, 0.1) is 41.3 Å². The van der Waals surface area contributed by atoms with Crippen LogP contribution in [-0.2, 0) is 11.3 Å². The number of aromatic nitrogens is 4. The number of rotatable bonds is 6. The smallest absolute Gasteiger partial charge is 0.272 e. The van der Waals surface area contributed by atoms with E-state index in [0.717, 1.165) is 5.56 Å². The molecule has 0 atom stereocenters. The molecule has 0 aliphatic heterocycles. The first kappa shape index (κ1) is 21.1. The van der Waals surface area contributed by atoms with Crippen LogP contribution in [0.3, 0.4) is 0 Å². The fourth-order valence-corrected chi connectivity index (χ4v) is 3.35. The van der Waals surface area contributed by atoms with Gasteiger partial charge in [-0.25, -0.2) is 0 Å². The molecule has 0 saturated heterocycles. The molecule has 2 aromatic heterocycles. The van der Waals surface area contributed by atoms with Gasteiger partial charge in [-0.2, -0.15) is 5.10 Å². The van der Waals surface area contributed by atoms with Gasteiger partial charge in [0.1, 0.15) is 0 Å². The highest BCUT2D eigenvalue weighted by Gasteiger charge is 2.14. The summed E-state index contributed by atoms with van der Waals surface area (Å²) in [6, 6.07) is 11.8. The molecule has 4 N–H and O–H groups in total. The zero-order chi connectivity index (χ0) is 22.7. The van der Waals surface area contributed by atoms with Gasteiger partial charge in [-0.05, 0) is 23.8 Å². The monoisotopic (exact) mass is 452 g/mol. The van der Waals surface area contributed by atoms with Crippen LogP contribution in [0, 0.1) is 0 Å². The van der Waals surface area contributed by atoms with Crippen LogP contribution in [0.5, 0.6) is 0 Å². The predicted octanol–water partition coefficient (Wildman–Crippen LogP) is 1.48. The van der Waals surface area contributed by atoms with E-state index in [2.05, 4.69) is 25.9 Å². The first-order chi connectivity index (χ1) is 15.4. The topological polar surface area (TPSA) is 142 Å². The molecule has 0 aliphatic rings. The molecule has 0 unspecified atom stereocenters. The van der Waals surface area contributed by atoms with Crippen LogP contribution >= 0.6 is 11.6 Å². The minimum absolute atomic E-state index is 0.0526. The highest BCUT2D eigenvalue weighted by Crippen LogP contribution is 2.17. The van der Waals surface area contributed by atoms with E-state index >= 15 is 0 Å². The van der Waals surface area contributed by atoms with E-state index in [4.69, 9.17) is 11.6 Å². The molecule has 0 spiro atoms. The zero-order valence-corrected chi connectivity index (χ0v) is 17.3. The molecular weight excluding hydrogens is 436 g/mol. The maximum Gasteiger partial charge on any atom is 0.272 e. The molecule has 0 radical (unpaired) electrons. The number of fused-ring (bicyclic) bond motifs is 1. The van der Waals surface area contributed by atoms with Crippen molar-refractivity contribution in [2.24, 2.45) is 0 Å². The van der Waals surface area contributed by atoms with Crippen LogP contribution < -0.4 is 21.8 Å². The first-order valence-corrected chi connectivity index (χ1v) is 9.88. The molecule has 0 aliphatic carbocycles. The van der Waals surface area contributed by atoms with Crippen LogP contribution in [0.4, 0.5) is 5.69 Å². The van der Waals surface area contributed by atoms with Gasteiger partial charge in [0, 0.05) is 11.2 Å². The normalized spacial score (nSPS) is 10.8. The largest absolute Gasteiger partial charge is 0.343 e. The van der Waals surface area contributed by atoms with Crippen LogP contribution in [-0.4, -0.2) is 38.3 Å². The number of anilines is 1. The number of nitrogens with one attached hydrogen (secondary N) is 4. The number of benzene rings is 2. The Labute approximate surface area is 185 Å². The SMILES string of the molecule is O=C(CNC(=O)c1cnn(Cc2ccccc2Cl)c1)Nc1cccc2c(=O)[nH][nH]c(=O)c12. The Morgan fingerprint density at radius 2 is 1.81 bits per heavy atom. The quantitative estimate of drug-likeness (QED) is 0.350. The second-order valence-electron chi connectivity index (χ2n) is 6.89. The maximum atomic E-state index is 12.4. The van der Waals surface area contributed by atoms with Crippen LogP contribution in [0.15, 0.2) is 64.4 Å². The number of H-pyrrole nitrogens is 2. The standard InChI is InChI=1S/C21H17ClN6O4/c22-15-6-2-1-4-12(15)10-28-11-13(8-24-28)19(30)23-9-17(29)25-16-7-3-5-14-18(16)21(32)27-26-20(14)31/h1-8,11H,9-10H2,(H,23,30)(H,25,29)(H,26,31)(H,27,32). The summed E-state index contributed by atoms with van der Waals surface area (Å²) in [7, 11) is 0. The molecule has 0 saturated carbocycles. The molecule has 10 nitrogen and oxygen atoms in total. The average Bonchev–Trinajstić information content (AvgIpc) is 3.25. The van der Waals surface area contributed by atoms with Crippen molar-refractivity contribution < 1.29 is 9.59 Å². The highest BCUT2D eigenvalue weighted by atomic mass is 35.5. The number of nitrogens with zero attached hydrogens (tertiary/aromatic N) is 2. The number of hydrogen-bond acceptors (Lipinski definition) is 5. The third-order valence-electron chi connectivity index (χ3n) is 4.69. The van der Waals surface area contributed by atoms with Gasteiger partial charge in [-0.3, -0.25) is 34.1 Å². The van der Waals surface area contributed by atoms with Gasteiger partial charge >= 0.3 is 0 Å². The van der Waals surface area contributed by atoms with Gasteiger partial charge in [-0.1, -0.05) is 35.9 Å². The van der Waals surface area contributed by atoms with E-state index in [1.807, 2.05) is 18.2 Å². The summed E-state index contributed by atoms with van der Waals surface area (Å²) in [6.45, 7) is 0.0498. The van der Waals surface area contributed by atoms with Crippen molar-refractivity contribution in [1.29, 1.82) is 0 Å². The number of aromatic amines is 2. The summed E-state index contributed by atoms with van der Waals surface area (Å²) in [6.07, 6.45) is 2.94. The van der Waals surface area contributed by atoms with Crippen LogP contribution in [0.1, 0.15) is 15.9 Å². The summed E-state index contributed by atoms with van der Waals surface area (Å²) >= 11 is 6.14. The van der Waals surface area contributed by atoms with Gasteiger partial charge < -0.3 is 10.6 Å². The van der Waals surface area contributed by atoms with E-state index in [1.165, 1.54) is 18.3 Å². The molecule has 2 aromatic carbocycles. The number of carbonyl (C=O) groups excluding carboxylic acids is 2. The Morgan fingerprint density at radius 1 is 1.03 bits per heavy atom. The second-order valence-corrected chi connectivity index (χ2v) is 7.29. The molecule has 0 bridgehead atoms. The Balaban J connectivity index is 1.40. The third kappa shape index (κ3) is 4.44. The molecule has 4 rings (SSSR count). The first-order valence-electron chi connectivity index (χ1n) is 9.50. The van der Waals surface area contributed by atoms with Crippen molar-refractivity contribution in [3.8, 4) is 0 Å². The molecule has 4 aromatic rings. The van der Waals surface area contributed by atoms with Crippen molar-refractivity contribution >= 4 is 39.9 Å². The molecule has 162 valence electrons. The number of amides is 2. The molecule has 32 heavy (non-hydrogen) atoms. The lowest BCUT2D eigenvalue weighted by atomic mass is 10.1. The Bertz CT molecular complexity index is 1440. The third-order valence-corrected chi connectivity index (χ3v) is 5.06. The Morgan fingerprint density at radius 3 is 2.62 bits per heavy atom. The fraction of sp³-hybridized carbons (Fsp3) is 0.0952. The number of carbonyl (C=O) groups is 2. The lowest BCUT2D eigenvalue weighted by molar-refractivity contribution is -0.115. The molecular formula is C21H17ClN6O4. The fourth-order valence-electron chi connectivity index (χ4n) is 3.16. The summed E-state index contributed by atoms with van der Waals surface area (Å²) < 4.78 is 1.57. The Kier molecular flexibility index (Phi) is 5.86. The average molecular weight is 453 g/mol. The van der Waals surface area contributed by atoms with Gasteiger partial charge in [-0.15, -0.1) is 0 Å². The van der Waals surface area contributed by atoms with E-state index in [0.29, 0.717) is 11.6 Å². The van der Waals surface area contributed by atoms with Crippen LogP contribution in [0.2, 0.25) is 5.02 Å². The van der Waals surface area contributed by atoms with E-state index in [9.17, 15) is 19.2 Å². The maximum absolute atomic E-state index is 12.4. The number of hydrogen-bond donors (Lipinski definition) is 4. The van der Waals surface area contributed by atoms with E-state index in [1.54, 1.807) is 23.0 Å². The molecule has 0 fully saturated rings. The zero-order valence-electron chi connectivity index (χ0n) is 16.5. The van der Waals surface area contributed by atoms with Crippen LogP contribution in [0.25, 0.3) is 10.8 Å². The van der Waals surface area contributed by atoms with Crippen molar-refractivity contribution in [3.63, 3.8) is 0 Å². The number of halogens is 1. The van der Waals surface area contributed by atoms with Gasteiger partial charge in [0.15, 0.2) is 0 Å². The summed E-state index contributed by atoms with van der Waals surface area (Å²) in [4.78, 5) is 48.6. The Hall–Kier alpha value is -4.18. The van der Waals surface area contributed by atoms with Crippen molar-refractivity contribution in [2.45, 2.75) is 6.54 Å². The predicted molar refractivity (Wildman–Crippen MR) is 119 cm³/mol. The van der Waals surface area contributed by atoms with Gasteiger partial charge in [0.2, 0.25) is 5.91 Å². The summed E-state index contributed by atoms with van der Waals surface area (Å²) in [5.41, 5.74) is 0.260. The molecule has 2 amide bonds. The lowest BCUT2D eigenvalue weighted by Crippen LogP contribution is -2.33. The van der Waals surface area contributed by atoms with Gasteiger partial charge in [0.25, 0.3) is 17.0 Å². The highest BCUT2D eigenvalue weighted by molar-refractivity contribution is 6.31. The van der Waals surface area contributed by atoms with Crippen molar-refractivity contribution in [1.82, 2.24) is 25.3 Å². The van der Waals surface area contributed by atoms with Crippen molar-refractivity contribution in [3.05, 3.63) is 91.7 Å². The minimum atomic E-state index is -0.561. The molecule has 11 heteroatoms. The summed E-state index contributed by atoms with van der Waals surface area (Å²) in [5.74, 6) is -1.05. The van der Waals surface area contributed by atoms with Crippen molar-refractivity contribution in [2.75, 3.05) is 11.9 Å². The molecule has 2 heterocycles. The lowest BCUT2D eigenvalue weighted by Gasteiger charge is -2.08. The second kappa shape index (κ2) is 8.90.